The van der Waals surface area contributed by atoms with Crippen molar-refractivity contribution in [2.75, 3.05) is 0 Å². The van der Waals surface area contributed by atoms with Gasteiger partial charge in [0.2, 0.25) is 10.0 Å². The van der Waals surface area contributed by atoms with Gasteiger partial charge in [-0.1, -0.05) is 19.1 Å². The van der Waals surface area contributed by atoms with Crippen LogP contribution in [0.15, 0.2) is 14.1 Å². The van der Waals surface area contributed by atoms with Crippen LogP contribution in [0.1, 0.15) is 25.3 Å². The molecule has 0 saturated heterocycles. The molecule has 0 aliphatic heterocycles. The number of rotatable bonds is 6. The van der Waals surface area contributed by atoms with E-state index in [0.29, 0.717) is 22.0 Å². The molecule has 0 amide bonds. The maximum Gasteiger partial charge on any atom is 0.250 e. The maximum absolute atomic E-state index is 12.1. The lowest BCUT2D eigenvalue weighted by atomic mass is 10.2. The molecular formula is C10H15BrN2O2S3. The van der Waals surface area contributed by atoms with Crippen molar-refractivity contribution >= 4 is 54.5 Å². The smallest absolute Gasteiger partial charge is 0.250 e. The fourth-order valence-electron chi connectivity index (χ4n) is 1.35. The van der Waals surface area contributed by atoms with Crippen LogP contribution in [0.5, 0.6) is 0 Å². The van der Waals surface area contributed by atoms with Gasteiger partial charge in [0.15, 0.2) is 0 Å². The third kappa shape index (κ3) is 4.27. The van der Waals surface area contributed by atoms with Crippen molar-refractivity contribution in [1.29, 1.82) is 0 Å². The zero-order valence-corrected chi connectivity index (χ0v) is 14.1. The van der Waals surface area contributed by atoms with E-state index in [0.717, 1.165) is 9.35 Å². The van der Waals surface area contributed by atoms with Crippen LogP contribution >= 0.6 is 39.5 Å². The van der Waals surface area contributed by atoms with Crippen LogP contribution in [0.25, 0.3) is 0 Å². The summed E-state index contributed by atoms with van der Waals surface area (Å²) >= 11 is 9.32. The Morgan fingerprint density at radius 1 is 1.67 bits per heavy atom. The number of sulfonamides is 1. The number of thiophene rings is 1. The minimum atomic E-state index is -3.50. The van der Waals surface area contributed by atoms with E-state index in [1.54, 1.807) is 6.07 Å². The van der Waals surface area contributed by atoms with E-state index in [-0.39, 0.29) is 6.04 Å². The van der Waals surface area contributed by atoms with Gasteiger partial charge in [0.25, 0.3) is 0 Å². The van der Waals surface area contributed by atoms with E-state index >= 15 is 0 Å². The summed E-state index contributed by atoms with van der Waals surface area (Å²) in [5, 5.41) is 0. The van der Waals surface area contributed by atoms with Gasteiger partial charge in [-0.3, -0.25) is 0 Å². The predicted molar refractivity (Wildman–Crippen MR) is 82.6 cm³/mol. The number of thiocarbonyl (C=S) groups is 1. The van der Waals surface area contributed by atoms with Crippen LogP contribution in [0.3, 0.4) is 0 Å². The summed E-state index contributed by atoms with van der Waals surface area (Å²) in [5.74, 6) is 0. The third-order valence-corrected chi connectivity index (χ3v) is 6.66. The number of nitrogens with two attached hydrogens (primary N) is 1. The first kappa shape index (κ1) is 16.0. The molecule has 0 aliphatic carbocycles. The summed E-state index contributed by atoms with van der Waals surface area (Å²) in [6.45, 7) is 3.74. The Balaban J connectivity index is 2.90. The molecule has 3 N–H and O–H groups in total. The standard InChI is InChI=1S/C10H15BrN2O2S3/c1-3-7(5-8(12)16)13-18(14,15)9-4-6(2)10(11)17-9/h4,7,13H,3,5H2,1-2H3,(H2,12,16). The zero-order valence-electron chi connectivity index (χ0n) is 10.1. The van der Waals surface area contributed by atoms with E-state index in [9.17, 15) is 8.42 Å². The van der Waals surface area contributed by atoms with Gasteiger partial charge in [-0.2, -0.15) is 0 Å². The van der Waals surface area contributed by atoms with Crippen molar-refractivity contribution in [2.45, 2.75) is 36.9 Å². The zero-order chi connectivity index (χ0) is 13.9. The lowest BCUT2D eigenvalue weighted by molar-refractivity contribution is 0.548. The number of hydrogen-bond donors (Lipinski definition) is 2. The van der Waals surface area contributed by atoms with Gasteiger partial charge in [0.05, 0.1) is 8.77 Å². The number of nitrogens with one attached hydrogen (secondary N) is 1. The highest BCUT2D eigenvalue weighted by Gasteiger charge is 2.22. The second-order valence-corrected chi connectivity index (χ2v) is 8.75. The number of halogens is 1. The molecule has 102 valence electrons. The quantitative estimate of drug-likeness (QED) is 0.754. The minimum absolute atomic E-state index is 0.256. The van der Waals surface area contributed by atoms with E-state index in [4.69, 9.17) is 18.0 Å². The lowest BCUT2D eigenvalue weighted by Crippen LogP contribution is -2.36. The Morgan fingerprint density at radius 2 is 2.28 bits per heavy atom. The largest absolute Gasteiger partial charge is 0.393 e. The van der Waals surface area contributed by atoms with Crippen molar-refractivity contribution in [1.82, 2.24) is 4.72 Å². The molecule has 0 spiro atoms. The molecule has 0 aromatic carbocycles. The summed E-state index contributed by atoms with van der Waals surface area (Å²) in [4.78, 5) is 0.313. The van der Waals surface area contributed by atoms with Crippen molar-refractivity contribution in [3.05, 3.63) is 15.4 Å². The van der Waals surface area contributed by atoms with Crippen molar-refractivity contribution in [2.24, 2.45) is 5.73 Å². The SMILES string of the molecule is CCC(CC(N)=S)NS(=O)(=O)c1cc(C)c(Br)s1. The maximum atomic E-state index is 12.1. The fourth-order valence-corrected chi connectivity index (χ4v) is 5.12. The molecule has 1 heterocycles. The molecule has 1 aromatic rings. The van der Waals surface area contributed by atoms with E-state index in [1.165, 1.54) is 11.3 Å². The molecule has 1 unspecified atom stereocenters. The highest BCUT2D eigenvalue weighted by molar-refractivity contribution is 9.11. The van der Waals surface area contributed by atoms with Crippen LogP contribution < -0.4 is 10.5 Å². The second kappa shape index (κ2) is 6.42. The van der Waals surface area contributed by atoms with Crippen LogP contribution in [-0.4, -0.2) is 19.4 Å². The highest BCUT2D eigenvalue weighted by Crippen LogP contribution is 2.30. The van der Waals surface area contributed by atoms with Gasteiger partial charge in [-0.25, -0.2) is 13.1 Å². The molecule has 0 aliphatic rings. The molecule has 8 heteroatoms. The molecule has 1 atom stereocenters. The highest BCUT2D eigenvalue weighted by atomic mass is 79.9. The molecule has 0 radical (unpaired) electrons. The van der Waals surface area contributed by atoms with E-state index in [2.05, 4.69) is 20.7 Å². The molecule has 1 aromatic heterocycles. The van der Waals surface area contributed by atoms with Gasteiger partial charge >= 0.3 is 0 Å². The average Bonchev–Trinajstić information content (AvgIpc) is 2.58. The van der Waals surface area contributed by atoms with Crippen molar-refractivity contribution in [3.63, 3.8) is 0 Å². The van der Waals surface area contributed by atoms with Crippen molar-refractivity contribution < 1.29 is 8.42 Å². The molecule has 18 heavy (non-hydrogen) atoms. The lowest BCUT2D eigenvalue weighted by Gasteiger charge is -2.15. The molecule has 0 bridgehead atoms. The van der Waals surface area contributed by atoms with E-state index in [1.807, 2.05) is 13.8 Å². The summed E-state index contributed by atoms with van der Waals surface area (Å²) in [6.07, 6.45) is 1.01. The number of aryl methyl sites for hydroxylation is 1. The fraction of sp³-hybridized carbons (Fsp3) is 0.500. The Labute approximate surface area is 125 Å². The first-order valence-electron chi connectivity index (χ1n) is 5.32. The first-order valence-corrected chi connectivity index (χ1v) is 8.83. The molecule has 0 fully saturated rings. The average molecular weight is 371 g/mol. The van der Waals surface area contributed by atoms with Gasteiger partial charge in [-0.05, 0) is 40.9 Å². The third-order valence-electron chi connectivity index (χ3n) is 2.36. The normalized spacial score (nSPS) is 13.5. The summed E-state index contributed by atoms with van der Waals surface area (Å²) in [5.41, 5.74) is 6.35. The Morgan fingerprint density at radius 3 is 2.67 bits per heavy atom. The van der Waals surface area contributed by atoms with Crippen LogP contribution in [-0.2, 0) is 10.0 Å². The van der Waals surface area contributed by atoms with Gasteiger partial charge in [0, 0.05) is 12.5 Å². The number of hydrogen-bond acceptors (Lipinski definition) is 4. The second-order valence-electron chi connectivity index (χ2n) is 3.92. The first-order chi connectivity index (χ1) is 8.26. The monoisotopic (exact) mass is 370 g/mol. The Kier molecular flexibility index (Phi) is 5.72. The molecule has 0 saturated carbocycles. The molecular weight excluding hydrogens is 356 g/mol. The molecule has 4 nitrogen and oxygen atoms in total. The summed E-state index contributed by atoms with van der Waals surface area (Å²) in [6, 6.07) is 1.39. The molecule has 1 rings (SSSR count). The van der Waals surface area contributed by atoms with Crippen LogP contribution in [0.2, 0.25) is 0 Å². The van der Waals surface area contributed by atoms with E-state index < -0.39 is 10.0 Å². The summed E-state index contributed by atoms with van der Waals surface area (Å²) in [7, 11) is -3.50. The van der Waals surface area contributed by atoms with Crippen molar-refractivity contribution in [3.8, 4) is 0 Å². The van der Waals surface area contributed by atoms with Crippen LogP contribution in [0, 0.1) is 6.92 Å². The summed E-state index contributed by atoms with van der Waals surface area (Å²) < 4.78 is 28.0. The van der Waals surface area contributed by atoms with Gasteiger partial charge in [-0.15, -0.1) is 11.3 Å². The minimum Gasteiger partial charge on any atom is -0.393 e. The van der Waals surface area contributed by atoms with Crippen LogP contribution in [0.4, 0.5) is 0 Å². The topological polar surface area (TPSA) is 72.2 Å². The predicted octanol–water partition coefficient (Wildman–Crippen LogP) is 2.55. The Hall–Kier alpha value is -0.0200. The van der Waals surface area contributed by atoms with Gasteiger partial charge in [0.1, 0.15) is 4.21 Å². The Bertz CT molecular complexity index is 520. The van der Waals surface area contributed by atoms with Gasteiger partial charge < -0.3 is 5.73 Å².